The van der Waals surface area contributed by atoms with Gasteiger partial charge in [-0.3, -0.25) is 14.4 Å². The summed E-state index contributed by atoms with van der Waals surface area (Å²) in [5, 5.41) is 41.1. The van der Waals surface area contributed by atoms with Gasteiger partial charge in [0.25, 0.3) is 0 Å². The molecule has 0 heterocycles. The molecule has 0 aliphatic carbocycles. The van der Waals surface area contributed by atoms with Crippen molar-refractivity contribution < 1.29 is 34.8 Å². The summed E-state index contributed by atoms with van der Waals surface area (Å²) in [5.74, 6) is -4.61. The maximum atomic E-state index is 13.4. The summed E-state index contributed by atoms with van der Waals surface area (Å²) >= 11 is 0. The van der Waals surface area contributed by atoms with Gasteiger partial charge in [-0.05, 0) is 59.2 Å². The molecule has 0 aliphatic heterocycles. The molecule has 0 aromatic heterocycles. The number of carbonyl (C=O) groups is 3. The fourth-order valence-electron chi connectivity index (χ4n) is 3.55. The number of hydrogen-bond acceptors (Lipinski definition) is 7. The lowest BCUT2D eigenvalue weighted by molar-refractivity contribution is -0.129. The molecule has 0 spiro atoms. The first-order valence-electron chi connectivity index (χ1n) is 11.1. The van der Waals surface area contributed by atoms with Crippen molar-refractivity contribution in [1.82, 2.24) is 5.32 Å². The number of phenols is 4. The van der Waals surface area contributed by atoms with E-state index in [1.54, 1.807) is 30.3 Å². The third kappa shape index (κ3) is 6.95. The van der Waals surface area contributed by atoms with E-state index in [1.807, 2.05) is 0 Å². The van der Waals surface area contributed by atoms with Crippen LogP contribution < -0.4 is 5.32 Å². The zero-order valence-electron chi connectivity index (χ0n) is 19.6. The highest BCUT2D eigenvalue weighted by Crippen LogP contribution is 2.29. The highest BCUT2D eigenvalue weighted by Gasteiger charge is 2.34. The van der Waals surface area contributed by atoms with Gasteiger partial charge >= 0.3 is 0 Å². The van der Waals surface area contributed by atoms with Crippen LogP contribution in [-0.2, 0) is 14.4 Å². The van der Waals surface area contributed by atoms with Crippen LogP contribution >= 0.6 is 0 Å². The van der Waals surface area contributed by atoms with Crippen LogP contribution in [0.1, 0.15) is 22.7 Å². The highest BCUT2D eigenvalue weighted by molar-refractivity contribution is 6.14. The van der Waals surface area contributed by atoms with Gasteiger partial charge in [0.15, 0.2) is 34.6 Å². The molecule has 3 rings (SSSR count). The van der Waals surface area contributed by atoms with Gasteiger partial charge in [0.1, 0.15) is 5.92 Å². The number of nitrogens with one attached hydrogen (secondary N) is 1. The second-order valence-corrected chi connectivity index (χ2v) is 8.05. The molecule has 1 amide bonds. The Morgan fingerprint density at radius 2 is 1.19 bits per heavy atom. The van der Waals surface area contributed by atoms with Gasteiger partial charge in [-0.2, -0.15) is 0 Å². The van der Waals surface area contributed by atoms with Gasteiger partial charge in [-0.15, -0.1) is 0 Å². The number of rotatable bonds is 10. The fourth-order valence-corrected chi connectivity index (χ4v) is 3.55. The van der Waals surface area contributed by atoms with E-state index in [1.165, 1.54) is 48.6 Å². The van der Waals surface area contributed by atoms with E-state index in [4.69, 9.17) is 0 Å². The van der Waals surface area contributed by atoms with Crippen molar-refractivity contribution >= 4 is 29.6 Å². The Hall–Kier alpha value is -5.11. The van der Waals surface area contributed by atoms with Crippen molar-refractivity contribution in [2.75, 3.05) is 0 Å². The zero-order valence-corrected chi connectivity index (χ0v) is 19.6. The number of ketones is 2. The lowest BCUT2D eigenvalue weighted by Crippen LogP contribution is -2.39. The Kier molecular flexibility index (Phi) is 8.62. The lowest BCUT2D eigenvalue weighted by Gasteiger charge is -2.25. The largest absolute Gasteiger partial charge is 0.504 e. The number of benzene rings is 3. The van der Waals surface area contributed by atoms with E-state index in [9.17, 15) is 34.8 Å². The highest BCUT2D eigenvalue weighted by atomic mass is 16.3. The smallest absolute Gasteiger partial charge is 0.243 e. The molecule has 0 aliphatic rings. The second kappa shape index (κ2) is 12.0. The molecule has 3 aromatic carbocycles. The summed E-state index contributed by atoms with van der Waals surface area (Å²) in [7, 11) is 0. The predicted octanol–water partition coefficient (Wildman–Crippen LogP) is 4.03. The second-order valence-electron chi connectivity index (χ2n) is 8.05. The van der Waals surface area contributed by atoms with Crippen molar-refractivity contribution in [2.45, 2.75) is 6.04 Å². The van der Waals surface area contributed by atoms with E-state index in [-0.39, 0.29) is 23.0 Å². The molecule has 5 N–H and O–H groups in total. The van der Waals surface area contributed by atoms with Crippen LogP contribution in [0.25, 0.3) is 12.2 Å². The molecule has 37 heavy (non-hydrogen) atoms. The van der Waals surface area contributed by atoms with Crippen LogP contribution in [0.5, 0.6) is 23.0 Å². The van der Waals surface area contributed by atoms with Gasteiger partial charge in [0, 0.05) is 0 Å². The molecule has 0 radical (unpaired) electrons. The van der Waals surface area contributed by atoms with Gasteiger partial charge < -0.3 is 25.7 Å². The summed E-state index contributed by atoms with van der Waals surface area (Å²) in [4.78, 5) is 39.1. The maximum absolute atomic E-state index is 13.4. The van der Waals surface area contributed by atoms with Crippen LogP contribution in [0.15, 0.2) is 91.5 Å². The van der Waals surface area contributed by atoms with Crippen molar-refractivity contribution in [3.63, 3.8) is 0 Å². The summed E-state index contributed by atoms with van der Waals surface area (Å²) in [6.07, 6.45) is 6.10. The predicted molar refractivity (Wildman–Crippen MR) is 139 cm³/mol. The first-order valence-corrected chi connectivity index (χ1v) is 11.1. The molecule has 8 heteroatoms. The Bertz CT molecular complexity index is 1300. The lowest BCUT2D eigenvalue weighted by atomic mass is 9.85. The normalized spacial score (nSPS) is 12.0. The third-order valence-corrected chi connectivity index (χ3v) is 5.47. The van der Waals surface area contributed by atoms with Crippen LogP contribution in [0.4, 0.5) is 0 Å². The van der Waals surface area contributed by atoms with Crippen molar-refractivity contribution in [3.05, 3.63) is 108 Å². The van der Waals surface area contributed by atoms with Crippen molar-refractivity contribution in [1.29, 1.82) is 0 Å². The zero-order chi connectivity index (χ0) is 26.9. The monoisotopic (exact) mass is 499 g/mol. The quantitative estimate of drug-likeness (QED) is 0.161. The Morgan fingerprint density at radius 3 is 1.62 bits per heavy atom. The molecule has 0 saturated heterocycles. The minimum Gasteiger partial charge on any atom is -0.504 e. The molecule has 1 atom stereocenters. The summed E-state index contributed by atoms with van der Waals surface area (Å²) in [6.45, 7) is 3.44. The van der Waals surface area contributed by atoms with Crippen LogP contribution in [-0.4, -0.2) is 37.9 Å². The molecular formula is C29H25NO7. The standard InChI is InChI=1S/C29H25NO7/c1-2-27(37)30-29(20-6-4-3-5-7-20)28(23(33)14-10-18-8-12-21(31)25(35)16-18)24(34)15-11-19-9-13-22(32)26(36)17-19/h2-17,28-29,31-32,35-36H,1H2,(H,30,37)/b14-10+,15-11+. The fraction of sp³-hybridized carbons (Fsp3) is 0.0690. The topological polar surface area (TPSA) is 144 Å². The van der Waals surface area contributed by atoms with E-state index in [2.05, 4.69) is 11.9 Å². The van der Waals surface area contributed by atoms with Crippen LogP contribution in [0.3, 0.4) is 0 Å². The number of hydrogen-bond donors (Lipinski definition) is 5. The molecule has 8 nitrogen and oxygen atoms in total. The Balaban J connectivity index is 2.02. The molecule has 0 bridgehead atoms. The Morgan fingerprint density at radius 1 is 0.703 bits per heavy atom. The molecule has 1 unspecified atom stereocenters. The van der Waals surface area contributed by atoms with Crippen molar-refractivity contribution in [2.24, 2.45) is 5.92 Å². The van der Waals surface area contributed by atoms with E-state index in [0.717, 1.165) is 18.2 Å². The number of carbonyl (C=O) groups excluding carboxylic acids is 3. The first-order chi connectivity index (χ1) is 17.7. The summed E-state index contributed by atoms with van der Waals surface area (Å²) in [6, 6.07) is 15.4. The Labute approximate surface area is 213 Å². The molecular weight excluding hydrogens is 474 g/mol. The third-order valence-electron chi connectivity index (χ3n) is 5.47. The summed E-state index contributed by atoms with van der Waals surface area (Å²) < 4.78 is 0. The number of amides is 1. The van der Waals surface area contributed by atoms with E-state index < -0.39 is 29.4 Å². The molecule has 188 valence electrons. The average molecular weight is 500 g/mol. The van der Waals surface area contributed by atoms with Crippen LogP contribution in [0.2, 0.25) is 0 Å². The molecule has 3 aromatic rings. The molecule has 0 fully saturated rings. The van der Waals surface area contributed by atoms with E-state index in [0.29, 0.717) is 16.7 Å². The first kappa shape index (κ1) is 26.5. The van der Waals surface area contributed by atoms with Gasteiger partial charge in [0.05, 0.1) is 6.04 Å². The maximum Gasteiger partial charge on any atom is 0.243 e. The SMILES string of the molecule is C=CC(=O)NC(c1ccccc1)C(C(=O)/C=C/c1ccc(O)c(O)c1)C(=O)/C=C/c1ccc(O)c(O)c1. The van der Waals surface area contributed by atoms with Crippen molar-refractivity contribution in [3.8, 4) is 23.0 Å². The number of aromatic hydroxyl groups is 4. The van der Waals surface area contributed by atoms with Gasteiger partial charge in [-0.1, -0.05) is 61.2 Å². The van der Waals surface area contributed by atoms with Crippen LogP contribution in [0, 0.1) is 5.92 Å². The van der Waals surface area contributed by atoms with E-state index >= 15 is 0 Å². The number of phenolic OH excluding ortho intramolecular Hbond substituents is 4. The van der Waals surface area contributed by atoms with Gasteiger partial charge in [0.2, 0.25) is 5.91 Å². The molecule has 0 saturated carbocycles. The minimum absolute atomic E-state index is 0.321. The van der Waals surface area contributed by atoms with Gasteiger partial charge in [-0.25, -0.2) is 0 Å². The average Bonchev–Trinajstić information content (AvgIpc) is 2.90. The summed E-state index contributed by atoms with van der Waals surface area (Å²) in [5.41, 5.74) is 1.31. The minimum atomic E-state index is -1.38. The number of allylic oxidation sites excluding steroid dienone is 2.